The maximum Gasteiger partial charge on any atom is 0.231 e. The van der Waals surface area contributed by atoms with Crippen LogP contribution in [-0.4, -0.2) is 36.8 Å². The Hall–Kier alpha value is -1.68. The van der Waals surface area contributed by atoms with Gasteiger partial charge < -0.3 is 19.4 Å². The predicted octanol–water partition coefficient (Wildman–Crippen LogP) is 2.32. The van der Waals surface area contributed by atoms with Crippen molar-refractivity contribution in [1.82, 2.24) is 9.88 Å². The van der Waals surface area contributed by atoms with Crippen molar-refractivity contribution in [3.63, 3.8) is 0 Å². The highest BCUT2D eigenvalue weighted by molar-refractivity contribution is 5.87. The third-order valence-electron chi connectivity index (χ3n) is 4.04. The summed E-state index contributed by atoms with van der Waals surface area (Å²) in [4.78, 5) is 5.74. The molecule has 1 unspecified atom stereocenters. The molecule has 1 aromatic heterocycles. The van der Waals surface area contributed by atoms with E-state index in [9.17, 15) is 0 Å². The second-order valence-electron chi connectivity index (χ2n) is 5.24. The van der Waals surface area contributed by atoms with Crippen LogP contribution in [-0.2, 0) is 0 Å². The lowest BCUT2D eigenvalue weighted by molar-refractivity contribution is 0.174. The number of H-pyrrole nitrogens is 1. The molecule has 4 nitrogen and oxygen atoms in total. The van der Waals surface area contributed by atoms with Gasteiger partial charge in [-0.3, -0.25) is 0 Å². The van der Waals surface area contributed by atoms with E-state index in [-0.39, 0.29) is 0 Å². The zero-order valence-corrected chi connectivity index (χ0v) is 10.4. The highest BCUT2D eigenvalue weighted by atomic mass is 16.7. The molecule has 4 heteroatoms. The van der Waals surface area contributed by atoms with Crippen molar-refractivity contribution < 1.29 is 9.47 Å². The largest absolute Gasteiger partial charge is 0.454 e. The maximum atomic E-state index is 5.47. The van der Waals surface area contributed by atoms with Gasteiger partial charge in [0.25, 0.3) is 0 Å². The number of fused-ring (bicyclic) bond motifs is 2. The summed E-state index contributed by atoms with van der Waals surface area (Å²) in [5, 5.41) is 1.28. The summed E-state index contributed by atoms with van der Waals surface area (Å²) in [6.45, 7) is 2.66. The molecule has 18 heavy (non-hydrogen) atoms. The van der Waals surface area contributed by atoms with E-state index in [0.717, 1.165) is 23.6 Å². The Balaban J connectivity index is 1.82. The Morgan fingerprint density at radius 1 is 1.28 bits per heavy atom. The zero-order chi connectivity index (χ0) is 12.1. The molecule has 1 fully saturated rings. The molecule has 0 radical (unpaired) electrons. The second-order valence-corrected chi connectivity index (χ2v) is 5.24. The first kappa shape index (κ1) is 10.3. The lowest BCUT2D eigenvalue weighted by Crippen LogP contribution is -2.13. The summed E-state index contributed by atoms with van der Waals surface area (Å²) in [6.07, 6.45) is 3.38. The zero-order valence-electron chi connectivity index (χ0n) is 10.4. The van der Waals surface area contributed by atoms with Gasteiger partial charge in [-0.15, -0.1) is 0 Å². The highest BCUT2D eigenvalue weighted by Crippen LogP contribution is 2.39. The average Bonchev–Trinajstić information content (AvgIpc) is 3.04. The molecule has 1 atom stereocenters. The normalized spacial score (nSPS) is 23.1. The van der Waals surface area contributed by atoms with Crippen molar-refractivity contribution in [2.45, 2.75) is 12.3 Å². The Morgan fingerprint density at radius 3 is 2.89 bits per heavy atom. The van der Waals surface area contributed by atoms with Gasteiger partial charge in [-0.05, 0) is 37.6 Å². The van der Waals surface area contributed by atoms with E-state index in [1.54, 1.807) is 0 Å². The maximum absolute atomic E-state index is 5.47. The predicted molar refractivity (Wildman–Crippen MR) is 69.3 cm³/mol. The molecule has 3 heterocycles. The van der Waals surface area contributed by atoms with Crippen LogP contribution in [0, 0.1) is 0 Å². The topological polar surface area (TPSA) is 37.5 Å². The Kier molecular flexibility index (Phi) is 2.08. The van der Waals surface area contributed by atoms with Crippen LogP contribution < -0.4 is 9.47 Å². The standard InChI is InChI=1S/C14H16N2O2/c1-16-3-2-9(7-16)11-6-15-12-5-14-13(4-10(11)12)17-8-18-14/h4-6,9,15H,2-3,7-8H2,1H3. The minimum absolute atomic E-state index is 0.337. The molecule has 0 spiro atoms. The van der Waals surface area contributed by atoms with Gasteiger partial charge >= 0.3 is 0 Å². The summed E-state index contributed by atoms with van der Waals surface area (Å²) in [5.74, 6) is 2.35. The van der Waals surface area contributed by atoms with Crippen LogP contribution in [0.5, 0.6) is 11.5 Å². The number of ether oxygens (including phenoxy) is 2. The summed E-state index contributed by atoms with van der Waals surface area (Å²) < 4.78 is 10.9. The quantitative estimate of drug-likeness (QED) is 0.836. The van der Waals surface area contributed by atoms with E-state index in [4.69, 9.17) is 9.47 Å². The Labute approximate surface area is 105 Å². The van der Waals surface area contributed by atoms with Crippen molar-refractivity contribution in [1.29, 1.82) is 0 Å². The van der Waals surface area contributed by atoms with Gasteiger partial charge in [0.1, 0.15) is 0 Å². The summed E-state index contributed by atoms with van der Waals surface area (Å²) in [7, 11) is 2.18. The first-order valence-electron chi connectivity index (χ1n) is 6.40. The number of hydrogen-bond donors (Lipinski definition) is 1. The second kappa shape index (κ2) is 3.65. The molecule has 0 bridgehead atoms. The van der Waals surface area contributed by atoms with Crippen molar-refractivity contribution >= 4 is 10.9 Å². The van der Waals surface area contributed by atoms with Gasteiger partial charge in [-0.25, -0.2) is 0 Å². The molecule has 94 valence electrons. The Bertz CT molecular complexity index is 605. The van der Waals surface area contributed by atoms with Crippen LogP contribution in [0.15, 0.2) is 18.3 Å². The number of benzene rings is 1. The minimum atomic E-state index is 0.337. The van der Waals surface area contributed by atoms with Crippen molar-refractivity contribution in [3.8, 4) is 11.5 Å². The molecule has 2 aliphatic rings. The lowest BCUT2D eigenvalue weighted by atomic mass is 9.98. The van der Waals surface area contributed by atoms with E-state index >= 15 is 0 Å². The lowest BCUT2D eigenvalue weighted by Gasteiger charge is -2.09. The molecule has 0 amide bonds. The van der Waals surface area contributed by atoms with Crippen LogP contribution in [0.2, 0.25) is 0 Å². The molecule has 0 aliphatic carbocycles. The number of aromatic nitrogens is 1. The van der Waals surface area contributed by atoms with Crippen LogP contribution in [0.25, 0.3) is 10.9 Å². The summed E-state index contributed by atoms with van der Waals surface area (Å²) >= 11 is 0. The van der Waals surface area contributed by atoms with Gasteiger partial charge in [-0.1, -0.05) is 0 Å². The van der Waals surface area contributed by atoms with E-state index in [0.29, 0.717) is 12.7 Å². The molecule has 1 saturated heterocycles. The number of hydrogen-bond acceptors (Lipinski definition) is 3. The molecular formula is C14H16N2O2. The van der Waals surface area contributed by atoms with Crippen molar-refractivity contribution in [2.75, 3.05) is 26.9 Å². The fourth-order valence-corrected chi connectivity index (χ4v) is 3.06. The molecule has 4 rings (SSSR count). The van der Waals surface area contributed by atoms with E-state index < -0.39 is 0 Å². The van der Waals surface area contributed by atoms with Crippen LogP contribution in [0.1, 0.15) is 17.9 Å². The number of nitrogens with one attached hydrogen (secondary N) is 1. The van der Waals surface area contributed by atoms with Crippen LogP contribution in [0.3, 0.4) is 0 Å². The molecule has 1 N–H and O–H groups in total. The van der Waals surface area contributed by atoms with Crippen molar-refractivity contribution in [2.24, 2.45) is 0 Å². The fraction of sp³-hybridized carbons (Fsp3) is 0.429. The smallest absolute Gasteiger partial charge is 0.231 e. The molecule has 1 aromatic carbocycles. The number of likely N-dealkylation sites (N-methyl/N-ethyl adjacent to an activating group) is 1. The molecule has 2 aromatic rings. The van der Waals surface area contributed by atoms with E-state index in [1.807, 2.05) is 6.07 Å². The summed E-state index contributed by atoms with van der Waals surface area (Å²) in [6, 6.07) is 4.15. The van der Waals surface area contributed by atoms with Gasteiger partial charge in [0, 0.05) is 29.7 Å². The average molecular weight is 244 g/mol. The van der Waals surface area contributed by atoms with Crippen molar-refractivity contribution in [3.05, 3.63) is 23.9 Å². The van der Waals surface area contributed by atoms with Crippen LogP contribution >= 0.6 is 0 Å². The third-order valence-corrected chi connectivity index (χ3v) is 4.04. The Morgan fingerprint density at radius 2 is 2.11 bits per heavy atom. The van der Waals surface area contributed by atoms with Gasteiger partial charge in [0.2, 0.25) is 6.79 Å². The first-order chi connectivity index (χ1) is 8.81. The first-order valence-corrected chi connectivity index (χ1v) is 6.40. The monoisotopic (exact) mass is 244 g/mol. The number of rotatable bonds is 1. The SMILES string of the molecule is CN1CCC(c2c[nH]c3cc4c(cc23)OCO4)C1. The van der Waals surface area contributed by atoms with E-state index in [1.165, 1.54) is 23.9 Å². The van der Waals surface area contributed by atoms with Gasteiger partial charge in [0.05, 0.1) is 0 Å². The molecule has 2 aliphatic heterocycles. The number of aromatic amines is 1. The van der Waals surface area contributed by atoms with E-state index in [2.05, 4.69) is 29.2 Å². The molecule has 0 saturated carbocycles. The molecular weight excluding hydrogens is 228 g/mol. The third kappa shape index (κ3) is 1.42. The van der Waals surface area contributed by atoms with Gasteiger partial charge in [-0.2, -0.15) is 0 Å². The fourth-order valence-electron chi connectivity index (χ4n) is 3.06. The van der Waals surface area contributed by atoms with Crippen LogP contribution in [0.4, 0.5) is 0 Å². The summed E-state index contributed by atoms with van der Waals surface area (Å²) in [5.41, 5.74) is 2.55. The number of nitrogens with zero attached hydrogens (tertiary/aromatic N) is 1. The minimum Gasteiger partial charge on any atom is -0.454 e. The number of likely N-dealkylation sites (tertiary alicyclic amines) is 1. The highest BCUT2D eigenvalue weighted by Gasteiger charge is 2.25. The van der Waals surface area contributed by atoms with Gasteiger partial charge in [0.15, 0.2) is 11.5 Å².